The van der Waals surface area contributed by atoms with Crippen molar-refractivity contribution in [3.8, 4) is 0 Å². The average Bonchev–Trinajstić information content (AvgIpc) is 3.18. The number of hydrogen-bond acceptors (Lipinski definition) is 8. The highest BCUT2D eigenvalue weighted by Gasteiger charge is 2.30. The monoisotopic (exact) mass is 344 g/mol. The SMILES string of the molecule is Cn1c2ccccc2c2nn3c([C@@H](O)[C@H](O)[C@H](O)CO)nnc3nc21. The fraction of sp³-hybridized carbons (Fsp3) is 0.333. The summed E-state index contributed by atoms with van der Waals surface area (Å²) in [6.07, 6.45) is -4.74. The van der Waals surface area contributed by atoms with Crippen LogP contribution >= 0.6 is 0 Å². The summed E-state index contributed by atoms with van der Waals surface area (Å²) in [5.41, 5.74) is 2.14. The highest BCUT2D eigenvalue weighted by Crippen LogP contribution is 2.26. The Morgan fingerprint density at radius 2 is 1.88 bits per heavy atom. The topological polar surface area (TPSA) is 142 Å². The van der Waals surface area contributed by atoms with Crippen LogP contribution in [0.25, 0.3) is 27.8 Å². The van der Waals surface area contributed by atoms with E-state index in [2.05, 4.69) is 20.3 Å². The quantitative estimate of drug-likeness (QED) is 0.366. The van der Waals surface area contributed by atoms with E-state index in [1.54, 1.807) is 0 Å². The van der Waals surface area contributed by atoms with Crippen molar-refractivity contribution in [1.29, 1.82) is 0 Å². The molecule has 0 unspecified atom stereocenters. The summed E-state index contributed by atoms with van der Waals surface area (Å²) in [6.45, 7) is -0.700. The molecule has 4 rings (SSSR count). The lowest BCUT2D eigenvalue weighted by Crippen LogP contribution is -2.35. The van der Waals surface area contributed by atoms with Gasteiger partial charge < -0.3 is 25.0 Å². The van der Waals surface area contributed by atoms with Gasteiger partial charge in [-0.15, -0.1) is 10.2 Å². The van der Waals surface area contributed by atoms with Gasteiger partial charge in [-0.05, 0) is 6.07 Å². The standard InChI is InChI=1S/C15H16N6O4/c1-20-8-5-3-2-4-7(8)10-13(20)16-15-18-17-14(21(15)19-10)12(25)11(24)9(23)6-22/h2-5,9,11-12,22-25H,6H2,1H3/t9-,11-,12+/m1/s1. The number of benzene rings is 1. The first kappa shape index (κ1) is 15.8. The van der Waals surface area contributed by atoms with Crippen LogP contribution < -0.4 is 0 Å². The molecule has 130 valence electrons. The molecule has 3 atom stereocenters. The van der Waals surface area contributed by atoms with Crippen LogP contribution in [0, 0.1) is 0 Å². The molecule has 1 aromatic carbocycles. The molecule has 0 bridgehead atoms. The molecule has 0 aliphatic heterocycles. The molecule has 0 aliphatic carbocycles. The Labute approximate surface area is 140 Å². The van der Waals surface area contributed by atoms with E-state index in [0.717, 1.165) is 10.9 Å². The van der Waals surface area contributed by atoms with E-state index in [1.807, 2.05) is 35.9 Å². The lowest BCUT2D eigenvalue weighted by Gasteiger charge is -2.19. The Kier molecular flexibility index (Phi) is 3.62. The smallest absolute Gasteiger partial charge is 0.274 e. The molecule has 3 heterocycles. The molecule has 0 aliphatic rings. The second kappa shape index (κ2) is 5.70. The third kappa shape index (κ3) is 2.27. The highest BCUT2D eigenvalue weighted by molar-refractivity contribution is 6.04. The second-order valence-corrected chi connectivity index (χ2v) is 5.82. The molecule has 10 heteroatoms. The number of aliphatic hydroxyl groups excluding tert-OH is 4. The molecule has 3 aromatic heterocycles. The third-order valence-electron chi connectivity index (χ3n) is 4.27. The minimum Gasteiger partial charge on any atom is -0.394 e. The van der Waals surface area contributed by atoms with Crippen LogP contribution in [-0.2, 0) is 7.05 Å². The van der Waals surface area contributed by atoms with Gasteiger partial charge in [0.1, 0.15) is 23.8 Å². The first-order valence-corrected chi connectivity index (χ1v) is 7.64. The number of hydrogen-bond donors (Lipinski definition) is 4. The number of rotatable bonds is 4. The minimum atomic E-state index is -1.64. The van der Waals surface area contributed by atoms with Crippen LogP contribution in [0.4, 0.5) is 0 Å². The van der Waals surface area contributed by atoms with Gasteiger partial charge >= 0.3 is 0 Å². The van der Waals surface area contributed by atoms with Gasteiger partial charge in [0.15, 0.2) is 11.5 Å². The lowest BCUT2D eigenvalue weighted by atomic mass is 10.1. The maximum atomic E-state index is 10.3. The van der Waals surface area contributed by atoms with Crippen molar-refractivity contribution in [2.24, 2.45) is 7.05 Å². The Hall–Kier alpha value is -2.66. The van der Waals surface area contributed by atoms with E-state index in [1.165, 1.54) is 4.52 Å². The van der Waals surface area contributed by atoms with Gasteiger partial charge in [0.05, 0.1) is 12.1 Å². The lowest BCUT2D eigenvalue weighted by molar-refractivity contribution is -0.0808. The number of aliphatic hydroxyl groups is 4. The van der Waals surface area contributed by atoms with Crippen molar-refractivity contribution in [2.45, 2.75) is 18.3 Å². The maximum absolute atomic E-state index is 10.3. The van der Waals surface area contributed by atoms with E-state index >= 15 is 0 Å². The van der Waals surface area contributed by atoms with Gasteiger partial charge in [-0.25, -0.2) is 0 Å². The predicted octanol–water partition coefficient (Wildman–Crippen LogP) is -1.09. The summed E-state index contributed by atoms with van der Waals surface area (Å²) in [5.74, 6) is 0.0791. The first-order chi connectivity index (χ1) is 12.0. The molecular formula is C15H16N6O4. The number of fused-ring (bicyclic) bond motifs is 4. The fourth-order valence-electron chi connectivity index (χ4n) is 2.89. The van der Waals surface area contributed by atoms with Crippen LogP contribution in [0.2, 0.25) is 0 Å². The Bertz CT molecular complexity index is 1070. The summed E-state index contributed by atoms with van der Waals surface area (Å²) in [6, 6.07) is 7.65. The van der Waals surface area contributed by atoms with Crippen molar-refractivity contribution >= 4 is 27.8 Å². The predicted molar refractivity (Wildman–Crippen MR) is 86.6 cm³/mol. The second-order valence-electron chi connectivity index (χ2n) is 5.82. The molecule has 0 saturated heterocycles. The van der Waals surface area contributed by atoms with Gasteiger partial charge in [-0.3, -0.25) is 0 Å². The van der Waals surface area contributed by atoms with Crippen molar-refractivity contribution in [2.75, 3.05) is 6.61 Å². The van der Waals surface area contributed by atoms with Crippen molar-refractivity contribution in [1.82, 2.24) is 29.4 Å². The highest BCUT2D eigenvalue weighted by atomic mass is 16.4. The van der Waals surface area contributed by atoms with Crippen LogP contribution in [0.3, 0.4) is 0 Å². The Balaban J connectivity index is 1.94. The zero-order chi connectivity index (χ0) is 17.7. The van der Waals surface area contributed by atoms with Gasteiger partial charge in [0.2, 0.25) is 0 Å². The molecule has 0 spiro atoms. The molecule has 4 aromatic rings. The summed E-state index contributed by atoms with van der Waals surface area (Å²) >= 11 is 0. The molecule has 0 saturated carbocycles. The Morgan fingerprint density at radius 3 is 2.64 bits per heavy atom. The molecular weight excluding hydrogens is 328 g/mol. The molecule has 4 N–H and O–H groups in total. The van der Waals surface area contributed by atoms with Crippen molar-refractivity contribution in [3.05, 3.63) is 30.1 Å². The normalized spacial score (nSPS) is 15.9. The zero-order valence-corrected chi connectivity index (χ0v) is 13.2. The number of para-hydroxylation sites is 1. The molecule has 10 nitrogen and oxygen atoms in total. The van der Waals surface area contributed by atoms with E-state index < -0.39 is 24.9 Å². The van der Waals surface area contributed by atoms with Crippen molar-refractivity contribution < 1.29 is 20.4 Å². The Morgan fingerprint density at radius 1 is 1.12 bits per heavy atom. The number of aromatic nitrogens is 6. The van der Waals surface area contributed by atoms with E-state index in [9.17, 15) is 15.3 Å². The molecule has 0 radical (unpaired) electrons. The van der Waals surface area contributed by atoms with Crippen LogP contribution in [-0.4, -0.2) is 68.6 Å². The average molecular weight is 344 g/mol. The van der Waals surface area contributed by atoms with Crippen LogP contribution in [0.1, 0.15) is 11.9 Å². The number of aryl methyl sites for hydroxylation is 1. The van der Waals surface area contributed by atoms with E-state index in [4.69, 9.17) is 5.11 Å². The van der Waals surface area contributed by atoms with Gasteiger partial charge in [-0.1, -0.05) is 18.2 Å². The van der Waals surface area contributed by atoms with Gasteiger partial charge in [0, 0.05) is 12.4 Å². The van der Waals surface area contributed by atoms with Crippen molar-refractivity contribution in [3.63, 3.8) is 0 Å². The zero-order valence-electron chi connectivity index (χ0n) is 13.2. The minimum absolute atomic E-state index is 0.0719. The largest absolute Gasteiger partial charge is 0.394 e. The molecule has 0 amide bonds. The maximum Gasteiger partial charge on any atom is 0.274 e. The summed E-state index contributed by atoms with van der Waals surface area (Å²) in [5, 5.41) is 51.7. The molecule has 25 heavy (non-hydrogen) atoms. The summed E-state index contributed by atoms with van der Waals surface area (Å²) < 4.78 is 3.11. The van der Waals surface area contributed by atoms with Gasteiger partial charge in [-0.2, -0.15) is 14.6 Å². The summed E-state index contributed by atoms with van der Waals surface area (Å²) in [7, 11) is 1.86. The molecule has 0 fully saturated rings. The van der Waals surface area contributed by atoms with Crippen LogP contribution in [0.5, 0.6) is 0 Å². The third-order valence-corrected chi connectivity index (χ3v) is 4.27. The van der Waals surface area contributed by atoms with E-state index in [0.29, 0.717) is 11.2 Å². The van der Waals surface area contributed by atoms with Gasteiger partial charge in [0.25, 0.3) is 5.78 Å². The number of nitrogens with zero attached hydrogens (tertiary/aromatic N) is 6. The fourth-order valence-corrected chi connectivity index (χ4v) is 2.89. The van der Waals surface area contributed by atoms with E-state index in [-0.39, 0.29) is 11.6 Å². The first-order valence-electron chi connectivity index (χ1n) is 7.64. The van der Waals surface area contributed by atoms with Crippen LogP contribution in [0.15, 0.2) is 24.3 Å². The summed E-state index contributed by atoms with van der Waals surface area (Å²) in [4.78, 5) is 4.43.